The molecule has 2 atom stereocenters. The van der Waals surface area contributed by atoms with E-state index in [2.05, 4.69) is 4.72 Å². The molecule has 2 unspecified atom stereocenters. The zero-order valence-corrected chi connectivity index (χ0v) is 9.96. The predicted octanol–water partition coefficient (Wildman–Crippen LogP) is 1.38. The molecule has 1 aliphatic rings. The Morgan fingerprint density at radius 3 is 2.71 bits per heavy atom. The molecule has 1 saturated carbocycles. The van der Waals surface area contributed by atoms with E-state index in [1.165, 1.54) is 0 Å². The van der Waals surface area contributed by atoms with E-state index < -0.39 is 15.8 Å². The second kappa shape index (κ2) is 4.09. The number of nitriles is 1. The largest absolute Gasteiger partial charge is 0.240 e. The predicted molar refractivity (Wildman–Crippen MR) is 59.0 cm³/mol. The van der Waals surface area contributed by atoms with Crippen molar-refractivity contribution in [3.63, 3.8) is 0 Å². The fourth-order valence-electron chi connectivity index (χ4n) is 1.51. The third kappa shape index (κ3) is 2.46. The first-order valence-corrected chi connectivity index (χ1v) is 6.64. The number of hydrogen-bond acceptors (Lipinski definition) is 3. The molecule has 1 aliphatic carbocycles. The van der Waals surface area contributed by atoms with Crippen molar-refractivity contribution in [2.45, 2.75) is 24.3 Å². The Morgan fingerprint density at radius 1 is 1.53 bits per heavy atom. The van der Waals surface area contributed by atoms with Crippen LogP contribution in [0.5, 0.6) is 0 Å². The first kappa shape index (κ1) is 12.0. The molecule has 1 aromatic rings. The Labute approximate surface area is 99.1 Å². The zero-order chi connectivity index (χ0) is 12.6. The van der Waals surface area contributed by atoms with E-state index in [0.717, 1.165) is 24.6 Å². The molecule has 17 heavy (non-hydrogen) atoms. The molecule has 1 aromatic carbocycles. The lowest BCUT2D eigenvalue weighted by Crippen LogP contribution is -2.26. The van der Waals surface area contributed by atoms with Crippen molar-refractivity contribution in [1.82, 2.24) is 4.72 Å². The van der Waals surface area contributed by atoms with Crippen molar-refractivity contribution in [3.8, 4) is 6.07 Å². The maximum absolute atomic E-state index is 13.1. The number of rotatable bonds is 3. The summed E-state index contributed by atoms with van der Waals surface area (Å²) >= 11 is 0. The second-order valence-corrected chi connectivity index (χ2v) is 5.91. The Balaban J connectivity index is 2.30. The third-order valence-electron chi connectivity index (χ3n) is 2.78. The van der Waals surface area contributed by atoms with Gasteiger partial charge in [0.05, 0.1) is 10.5 Å². The van der Waals surface area contributed by atoms with Crippen molar-refractivity contribution in [1.29, 1.82) is 5.26 Å². The van der Waals surface area contributed by atoms with Gasteiger partial charge in [-0.2, -0.15) is 5.26 Å². The van der Waals surface area contributed by atoms with Crippen molar-refractivity contribution in [3.05, 3.63) is 29.6 Å². The molecule has 0 spiro atoms. The molecular formula is C11H11FN2O2S. The average molecular weight is 254 g/mol. The lowest BCUT2D eigenvalue weighted by molar-refractivity contribution is 0.577. The third-order valence-corrected chi connectivity index (χ3v) is 4.27. The molecular weight excluding hydrogens is 243 g/mol. The van der Waals surface area contributed by atoms with E-state index in [1.807, 2.05) is 6.92 Å². The van der Waals surface area contributed by atoms with Crippen LogP contribution in [0.25, 0.3) is 0 Å². The molecule has 90 valence electrons. The van der Waals surface area contributed by atoms with Gasteiger partial charge < -0.3 is 0 Å². The standard InChI is InChI=1S/C11H11FN2O2S/c1-7-4-11(7)14-17(15,16)9-2-3-10(12)8(5-9)6-13/h2-3,5,7,11,14H,4H2,1H3. The summed E-state index contributed by atoms with van der Waals surface area (Å²) < 4.78 is 39.3. The summed E-state index contributed by atoms with van der Waals surface area (Å²) in [6.45, 7) is 1.94. The minimum Gasteiger partial charge on any atom is -0.208 e. The monoisotopic (exact) mass is 254 g/mol. The molecule has 0 saturated heterocycles. The fraction of sp³-hybridized carbons (Fsp3) is 0.364. The van der Waals surface area contributed by atoms with Gasteiger partial charge in [0.25, 0.3) is 0 Å². The van der Waals surface area contributed by atoms with Gasteiger partial charge in [0.1, 0.15) is 11.9 Å². The summed E-state index contributed by atoms with van der Waals surface area (Å²) in [5, 5.41) is 8.64. The van der Waals surface area contributed by atoms with Gasteiger partial charge in [-0.15, -0.1) is 0 Å². The molecule has 0 heterocycles. The molecule has 0 aliphatic heterocycles. The fourth-order valence-corrected chi connectivity index (χ4v) is 2.89. The molecule has 0 bridgehead atoms. The van der Waals surface area contributed by atoms with Crippen LogP contribution in [0.2, 0.25) is 0 Å². The molecule has 1 N–H and O–H groups in total. The minimum absolute atomic E-state index is 0.0458. The molecule has 2 rings (SSSR count). The van der Waals surface area contributed by atoms with Gasteiger partial charge in [-0.05, 0) is 30.5 Å². The van der Waals surface area contributed by atoms with E-state index in [0.29, 0.717) is 5.92 Å². The number of hydrogen-bond donors (Lipinski definition) is 1. The second-order valence-electron chi connectivity index (χ2n) is 4.19. The molecule has 0 aromatic heterocycles. The van der Waals surface area contributed by atoms with Crippen LogP contribution in [0.3, 0.4) is 0 Å². The van der Waals surface area contributed by atoms with Crippen molar-refractivity contribution in [2.75, 3.05) is 0 Å². The van der Waals surface area contributed by atoms with E-state index in [4.69, 9.17) is 5.26 Å². The first-order chi connectivity index (χ1) is 7.94. The van der Waals surface area contributed by atoms with Gasteiger partial charge in [0.15, 0.2) is 0 Å². The normalized spacial score (nSPS) is 23.1. The molecule has 0 amide bonds. The van der Waals surface area contributed by atoms with Gasteiger partial charge in [0, 0.05) is 6.04 Å². The maximum atomic E-state index is 13.1. The summed E-state index contributed by atoms with van der Waals surface area (Å²) in [6.07, 6.45) is 0.811. The summed E-state index contributed by atoms with van der Waals surface area (Å²) in [4.78, 5) is -0.0745. The first-order valence-electron chi connectivity index (χ1n) is 5.16. The van der Waals surface area contributed by atoms with E-state index in [9.17, 15) is 12.8 Å². The van der Waals surface area contributed by atoms with Crippen molar-refractivity contribution in [2.24, 2.45) is 5.92 Å². The highest BCUT2D eigenvalue weighted by Crippen LogP contribution is 2.30. The summed E-state index contributed by atoms with van der Waals surface area (Å²) in [6, 6.07) is 4.77. The molecule has 6 heteroatoms. The Bertz CT molecular complexity index is 592. The van der Waals surface area contributed by atoms with E-state index >= 15 is 0 Å². The summed E-state index contributed by atoms with van der Waals surface area (Å²) in [5.41, 5.74) is -0.267. The van der Waals surface area contributed by atoms with Crippen LogP contribution >= 0.6 is 0 Å². The number of sulfonamides is 1. The highest BCUT2D eigenvalue weighted by molar-refractivity contribution is 7.89. The maximum Gasteiger partial charge on any atom is 0.240 e. The Morgan fingerprint density at radius 2 is 2.18 bits per heavy atom. The lowest BCUT2D eigenvalue weighted by Gasteiger charge is -2.06. The van der Waals surface area contributed by atoms with Crippen LogP contribution in [0.4, 0.5) is 4.39 Å². The molecule has 0 radical (unpaired) electrons. The molecule has 1 fully saturated rings. The van der Waals surface area contributed by atoms with Gasteiger partial charge >= 0.3 is 0 Å². The zero-order valence-electron chi connectivity index (χ0n) is 9.14. The molecule has 4 nitrogen and oxygen atoms in total. The summed E-state index contributed by atoms with van der Waals surface area (Å²) in [7, 11) is -3.65. The van der Waals surface area contributed by atoms with Crippen LogP contribution < -0.4 is 4.72 Å². The Hall–Kier alpha value is -1.45. The lowest BCUT2D eigenvalue weighted by atomic mass is 10.2. The van der Waals surface area contributed by atoms with Crippen LogP contribution in [-0.2, 0) is 10.0 Å². The summed E-state index contributed by atoms with van der Waals surface area (Å²) in [5.74, 6) is -0.382. The van der Waals surface area contributed by atoms with Gasteiger partial charge in [-0.3, -0.25) is 0 Å². The highest BCUT2D eigenvalue weighted by Gasteiger charge is 2.36. The number of benzene rings is 1. The van der Waals surface area contributed by atoms with Crippen LogP contribution in [0.1, 0.15) is 18.9 Å². The van der Waals surface area contributed by atoms with E-state index in [-0.39, 0.29) is 16.5 Å². The average Bonchev–Trinajstić information content (AvgIpc) is 2.93. The topological polar surface area (TPSA) is 70.0 Å². The number of halogens is 1. The quantitative estimate of drug-likeness (QED) is 0.886. The Kier molecular flexibility index (Phi) is 2.89. The van der Waals surface area contributed by atoms with Crippen LogP contribution in [0, 0.1) is 23.1 Å². The van der Waals surface area contributed by atoms with Gasteiger partial charge in [-0.25, -0.2) is 17.5 Å². The minimum atomic E-state index is -3.65. The SMILES string of the molecule is CC1CC1NS(=O)(=O)c1ccc(F)c(C#N)c1. The number of nitrogens with zero attached hydrogens (tertiary/aromatic N) is 1. The van der Waals surface area contributed by atoms with Gasteiger partial charge in [-0.1, -0.05) is 6.92 Å². The number of nitrogens with one attached hydrogen (secondary N) is 1. The van der Waals surface area contributed by atoms with E-state index in [1.54, 1.807) is 6.07 Å². The van der Waals surface area contributed by atoms with Crippen LogP contribution in [0.15, 0.2) is 23.1 Å². The van der Waals surface area contributed by atoms with Crippen molar-refractivity contribution < 1.29 is 12.8 Å². The highest BCUT2D eigenvalue weighted by atomic mass is 32.2. The van der Waals surface area contributed by atoms with Crippen molar-refractivity contribution >= 4 is 10.0 Å². The van der Waals surface area contributed by atoms with Gasteiger partial charge in [0.2, 0.25) is 10.0 Å². The van der Waals surface area contributed by atoms with Crippen LogP contribution in [-0.4, -0.2) is 14.5 Å². The smallest absolute Gasteiger partial charge is 0.208 e.